The first-order chi connectivity index (χ1) is 9.54. The molecular formula is C15H28N2O3. The minimum Gasteiger partial charge on any atom is -0.480 e. The summed E-state index contributed by atoms with van der Waals surface area (Å²) in [6.07, 6.45) is 8.37. The number of unbranched alkanes of at least 4 members (excludes halogenated alkanes) is 1. The smallest absolute Gasteiger partial charge is 0.326 e. The Bertz CT molecular complexity index is 314. The van der Waals surface area contributed by atoms with Crippen molar-refractivity contribution in [2.75, 3.05) is 13.6 Å². The summed E-state index contributed by atoms with van der Waals surface area (Å²) in [6.45, 7) is 2.74. The Morgan fingerprint density at radius 3 is 2.50 bits per heavy atom. The number of carbonyl (C=O) groups excluding carboxylic acids is 1. The van der Waals surface area contributed by atoms with Gasteiger partial charge in [0.2, 0.25) is 0 Å². The van der Waals surface area contributed by atoms with Gasteiger partial charge in [0.1, 0.15) is 6.04 Å². The summed E-state index contributed by atoms with van der Waals surface area (Å²) in [5, 5.41) is 11.7. The Labute approximate surface area is 121 Å². The van der Waals surface area contributed by atoms with E-state index in [0.29, 0.717) is 12.3 Å². The number of carbonyl (C=O) groups is 2. The molecule has 1 aliphatic rings. The van der Waals surface area contributed by atoms with Gasteiger partial charge in [-0.2, -0.15) is 0 Å². The van der Waals surface area contributed by atoms with Crippen LogP contribution in [0.1, 0.15) is 58.3 Å². The van der Waals surface area contributed by atoms with Crippen LogP contribution < -0.4 is 5.32 Å². The van der Waals surface area contributed by atoms with Crippen molar-refractivity contribution in [1.82, 2.24) is 10.2 Å². The number of urea groups is 1. The predicted octanol–water partition coefficient (Wildman–Crippen LogP) is 2.85. The molecule has 0 aromatic heterocycles. The van der Waals surface area contributed by atoms with E-state index in [1.165, 1.54) is 32.1 Å². The highest BCUT2D eigenvalue weighted by atomic mass is 16.4. The molecule has 5 heteroatoms. The number of nitrogens with zero attached hydrogens (tertiary/aromatic N) is 1. The summed E-state index contributed by atoms with van der Waals surface area (Å²) in [4.78, 5) is 24.8. The van der Waals surface area contributed by atoms with E-state index in [2.05, 4.69) is 5.32 Å². The van der Waals surface area contributed by atoms with Gasteiger partial charge in [0.15, 0.2) is 0 Å². The molecule has 0 aliphatic heterocycles. The lowest BCUT2D eigenvalue weighted by Gasteiger charge is -2.28. The van der Waals surface area contributed by atoms with Crippen LogP contribution in [0.15, 0.2) is 0 Å². The molecule has 0 heterocycles. The van der Waals surface area contributed by atoms with Gasteiger partial charge in [-0.05, 0) is 25.2 Å². The Balaban J connectivity index is 2.39. The highest BCUT2D eigenvalue weighted by Crippen LogP contribution is 2.24. The third kappa shape index (κ3) is 5.80. The first-order valence-electron chi connectivity index (χ1n) is 7.79. The predicted molar refractivity (Wildman–Crippen MR) is 78.7 cm³/mol. The Morgan fingerprint density at radius 1 is 1.30 bits per heavy atom. The molecule has 0 aromatic rings. The largest absolute Gasteiger partial charge is 0.480 e. The Kier molecular flexibility index (Phi) is 7.41. The number of carboxylic acids is 1. The summed E-state index contributed by atoms with van der Waals surface area (Å²) in [7, 11) is 1.75. The molecule has 5 nitrogen and oxygen atoms in total. The number of carboxylic acid groups (broad SMARTS) is 1. The van der Waals surface area contributed by atoms with Gasteiger partial charge in [0.25, 0.3) is 0 Å². The van der Waals surface area contributed by atoms with E-state index in [-0.39, 0.29) is 6.03 Å². The van der Waals surface area contributed by atoms with Gasteiger partial charge in [-0.15, -0.1) is 0 Å². The van der Waals surface area contributed by atoms with Crippen LogP contribution in [0.3, 0.4) is 0 Å². The highest BCUT2D eigenvalue weighted by Gasteiger charge is 2.23. The molecule has 1 saturated carbocycles. The third-order valence-electron chi connectivity index (χ3n) is 4.05. The molecule has 0 aromatic carbocycles. The summed E-state index contributed by atoms with van der Waals surface area (Å²) >= 11 is 0. The van der Waals surface area contributed by atoms with Gasteiger partial charge in [0, 0.05) is 13.6 Å². The molecule has 1 rings (SSSR count). The van der Waals surface area contributed by atoms with E-state index < -0.39 is 12.0 Å². The van der Waals surface area contributed by atoms with Crippen LogP contribution in [-0.4, -0.2) is 41.6 Å². The molecule has 1 atom stereocenters. The topological polar surface area (TPSA) is 69.6 Å². The molecule has 2 N–H and O–H groups in total. The SMILES string of the molecule is CCCC[C@H](NC(=O)N(C)CC1CCCCC1)C(=O)O. The van der Waals surface area contributed by atoms with Crippen molar-refractivity contribution in [3.63, 3.8) is 0 Å². The maximum absolute atomic E-state index is 12.0. The first kappa shape index (κ1) is 16.8. The first-order valence-corrected chi connectivity index (χ1v) is 7.79. The number of hydrogen-bond donors (Lipinski definition) is 2. The van der Waals surface area contributed by atoms with Crippen molar-refractivity contribution in [3.05, 3.63) is 0 Å². The fourth-order valence-electron chi connectivity index (χ4n) is 2.76. The zero-order valence-corrected chi connectivity index (χ0v) is 12.7. The maximum atomic E-state index is 12.0. The number of nitrogens with one attached hydrogen (secondary N) is 1. The van der Waals surface area contributed by atoms with Gasteiger partial charge in [-0.1, -0.05) is 39.0 Å². The molecule has 0 spiro atoms. The zero-order chi connectivity index (χ0) is 15.0. The van der Waals surface area contributed by atoms with E-state index in [1.54, 1.807) is 11.9 Å². The highest BCUT2D eigenvalue weighted by molar-refractivity contribution is 5.82. The van der Waals surface area contributed by atoms with E-state index in [1.807, 2.05) is 6.92 Å². The quantitative estimate of drug-likeness (QED) is 0.755. The second-order valence-corrected chi connectivity index (χ2v) is 5.87. The molecule has 0 bridgehead atoms. The van der Waals surface area contributed by atoms with Gasteiger partial charge in [0.05, 0.1) is 0 Å². The molecule has 0 saturated heterocycles. The van der Waals surface area contributed by atoms with Crippen molar-refractivity contribution in [1.29, 1.82) is 0 Å². The minimum atomic E-state index is -0.946. The van der Waals surface area contributed by atoms with Gasteiger partial charge in [-0.25, -0.2) is 9.59 Å². The molecule has 1 aliphatic carbocycles. The number of amides is 2. The summed E-state index contributed by atoms with van der Waals surface area (Å²) in [5.41, 5.74) is 0. The van der Waals surface area contributed by atoms with Crippen LogP contribution in [0, 0.1) is 5.92 Å². The van der Waals surface area contributed by atoms with Crippen LogP contribution in [0.4, 0.5) is 4.79 Å². The monoisotopic (exact) mass is 284 g/mol. The van der Waals surface area contributed by atoms with E-state index in [4.69, 9.17) is 5.11 Å². The van der Waals surface area contributed by atoms with Crippen LogP contribution >= 0.6 is 0 Å². The summed E-state index contributed by atoms with van der Waals surface area (Å²) < 4.78 is 0. The fraction of sp³-hybridized carbons (Fsp3) is 0.867. The lowest BCUT2D eigenvalue weighted by molar-refractivity contribution is -0.139. The lowest BCUT2D eigenvalue weighted by atomic mass is 9.89. The third-order valence-corrected chi connectivity index (χ3v) is 4.05. The van der Waals surface area contributed by atoms with Crippen molar-refractivity contribution < 1.29 is 14.7 Å². The van der Waals surface area contributed by atoms with Crippen LogP contribution in [0.5, 0.6) is 0 Å². The molecule has 0 radical (unpaired) electrons. The molecular weight excluding hydrogens is 256 g/mol. The fourth-order valence-corrected chi connectivity index (χ4v) is 2.76. The van der Waals surface area contributed by atoms with Gasteiger partial charge >= 0.3 is 12.0 Å². The van der Waals surface area contributed by atoms with Gasteiger partial charge in [-0.3, -0.25) is 0 Å². The average Bonchev–Trinajstić information content (AvgIpc) is 2.43. The Hall–Kier alpha value is -1.26. The molecule has 2 amide bonds. The normalized spacial score (nSPS) is 17.5. The van der Waals surface area contributed by atoms with E-state index in [0.717, 1.165) is 19.4 Å². The summed E-state index contributed by atoms with van der Waals surface area (Å²) in [5.74, 6) is -0.378. The summed E-state index contributed by atoms with van der Waals surface area (Å²) in [6, 6.07) is -1.03. The standard InChI is InChI=1S/C15H28N2O3/c1-3-4-10-13(14(18)19)16-15(20)17(2)11-12-8-6-5-7-9-12/h12-13H,3-11H2,1-2H3,(H,16,20)(H,18,19)/t13-/m0/s1. The number of aliphatic carboxylic acids is 1. The molecule has 20 heavy (non-hydrogen) atoms. The van der Waals surface area contributed by atoms with E-state index >= 15 is 0 Å². The van der Waals surface area contributed by atoms with E-state index in [9.17, 15) is 9.59 Å². The van der Waals surface area contributed by atoms with Gasteiger partial charge < -0.3 is 15.3 Å². The lowest BCUT2D eigenvalue weighted by Crippen LogP contribution is -2.47. The number of rotatable bonds is 7. The second kappa shape index (κ2) is 8.82. The minimum absolute atomic E-state index is 0.265. The second-order valence-electron chi connectivity index (χ2n) is 5.87. The average molecular weight is 284 g/mol. The van der Waals surface area contributed by atoms with Crippen LogP contribution in [-0.2, 0) is 4.79 Å². The Morgan fingerprint density at radius 2 is 1.95 bits per heavy atom. The zero-order valence-electron chi connectivity index (χ0n) is 12.7. The van der Waals surface area contributed by atoms with Crippen LogP contribution in [0.2, 0.25) is 0 Å². The number of hydrogen-bond acceptors (Lipinski definition) is 2. The molecule has 1 fully saturated rings. The maximum Gasteiger partial charge on any atom is 0.326 e. The molecule has 116 valence electrons. The van der Waals surface area contributed by atoms with Crippen molar-refractivity contribution in [2.45, 2.75) is 64.3 Å². The molecule has 0 unspecified atom stereocenters. The van der Waals surface area contributed by atoms with Crippen molar-refractivity contribution in [2.24, 2.45) is 5.92 Å². The van der Waals surface area contributed by atoms with Crippen molar-refractivity contribution >= 4 is 12.0 Å². The van der Waals surface area contributed by atoms with Crippen LogP contribution in [0.25, 0.3) is 0 Å². The van der Waals surface area contributed by atoms with Crippen molar-refractivity contribution in [3.8, 4) is 0 Å².